The van der Waals surface area contributed by atoms with Gasteiger partial charge in [0.05, 0.1) is 6.54 Å². The molecule has 0 fully saturated rings. The first-order chi connectivity index (χ1) is 8.83. The molecule has 9 heteroatoms. The van der Waals surface area contributed by atoms with Gasteiger partial charge in [0.1, 0.15) is 0 Å². The van der Waals surface area contributed by atoms with E-state index in [4.69, 9.17) is 10.3 Å². The van der Waals surface area contributed by atoms with Crippen molar-refractivity contribution in [2.24, 2.45) is 0 Å². The molecular formula is C9H8N6O2S. The quantitative estimate of drug-likeness (QED) is 0.725. The van der Waals surface area contributed by atoms with Gasteiger partial charge in [-0.05, 0) is 21.8 Å². The third kappa shape index (κ3) is 2.02. The molecule has 0 saturated heterocycles. The average Bonchev–Trinajstić information content (AvgIpc) is 3.07. The molecule has 0 atom stereocenters. The predicted molar refractivity (Wildman–Crippen MR) is 63.6 cm³/mol. The van der Waals surface area contributed by atoms with Crippen molar-refractivity contribution >= 4 is 23.2 Å². The monoisotopic (exact) mass is 264 g/mol. The number of thiophene rings is 1. The maximum Gasteiger partial charge on any atom is 0.322 e. The van der Waals surface area contributed by atoms with Gasteiger partial charge in [-0.15, -0.1) is 11.3 Å². The summed E-state index contributed by atoms with van der Waals surface area (Å²) in [5.41, 5.74) is 5.79. The highest BCUT2D eigenvalue weighted by molar-refractivity contribution is 7.09. The fourth-order valence-corrected chi connectivity index (χ4v) is 1.96. The van der Waals surface area contributed by atoms with Gasteiger partial charge in [-0.1, -0.05) is 11.2 Å². The summed E-state index contributed by atoms with van der Waals surface area (Å²) < 4.78 is 9.47. The Labute approximate surface area is 105 Å². The molecule has 18 heavy (non-hydrogen) atoms. The van der Waals surface area contributed by atoms with Crippen molar-refractivity contribution in [2.45, 2.75) is 6.54 Å². The average molecular weight is 264 g/mol. The van der Waals surface area contributed by atoms with E-state index in [1.54, 1.807) is 11.3 Å². The second-order valence-corrected chi connectivity index (χ2v) is 4.39. The molecule has 0 aliphatic carbocycles. The number of anilines is 2. The Morgan fingerprint density at radius 1 is 1.33 bits per heavy atom. The fourth-order valence-electron chi connectivity index (χ4n) is 1.32. The van der Waals surface area contributed by atoms with Crippen molar-refractivity contribution in [3.63, 3.8) is 0 Å². The van der Waals surface area contributed by atoms with Crippen molar-refractivity contribution in [2.75, 3.05) is 11.1 Å². The van der Waals surface area contributed by atoms with E-state index in [0.29, 0.717) is 12.6 Å². The van der Waals surface area contributed by atoms with E-state index in [1.807, 2.05) is 17.5 Å². The fraction of sp³-hybridized carbons (Fsp3) is 0.111. The molecule has 3 aromatic rings. The lowest BCUT2D eigenvalue weighted by molar-refractivity contribution is 0.310. The lowest BCUT2D eigenvalue weighted by Crippen LogP contribution is -1.97. The topological polar surface area (TPSA) is 116 Å². The Hall–Kier alpha value is -2.42. The number of nitrogens with one attached hydrogen (secondary N) is 1. The van der Waals surface area contributed by atoms with Crippen LogP contribution in [0.2, 0.25) is 0 Å². The molecule has 0 spiro atoms. The highest BCUT2D eigenvalue weighted by atomic mass is 32.1. The molecule has 3 aromatic heterocycles. The summed E-state index contributed by atoms with van der Waals surface area (Å²) in [7, 11) is 0. The summed E-state index contributed by atoms with van der Waals surface area (Å²) in [6, 6.07) is 4.28. The Morgan fingerprint density at radius 2 is 2.28 bits per heavy atom. The van der Waals surface area contributed by atoms with Gasteiger partial charge in [0, 0.05) is 4.88 Å². The second-order valence-electron chi connectivity index (χ2n) is 3.35. The summed E-state index contributed by atoms with van der Waals surface area (Å²) in [4.78, 5) is 5.25. The molecular weight excluding hydrogens is 256 g/mol. The molecule has 8 nitrogen and oxygen atoms in total. The number of rotatable bonds is 4. The zero-order valence-corrected chi connectivity index (χ0v) is 9.85. The van der Waals surface area contributed by atoms with Crippen molar-refractivity contribution in [1.82, 2.24) is 20.5 Å². The summed E-state index contributed by atoms with van der Waals surface area (Å²) >= 11 is 1.64. The van der Waals surface area contributed by atoms with Gasteiger partial charge in [-0.25, -0.2) is 4.63 Å². The van der Waals surface area contributed by atoms with Gasteiger partial charge < -0.3 is 15.6 Å². The van der Waals surface area contributed by atoms with Crippen LogP contribution in [-0.4, -0.2) is 20.5 Å². The van der Waals surface area contributed by atoms with Gasteiger partial charge in [0.25, 0.3) is 0 Å². The molecule has 0 radical (unpaired) electrons. The van der Waals surface area contributed by atoms with Gasteiger partial charge >= 0.3 is 6.01 Å². The number of nitrogens with two attached hydrogens (primary N) is 1. The van der Waals surface area contributed by atoms with Crippen molar-refractivity contribution < 1.29 is 9.15 Å². The van der Waals surface area contributed by atoms with E-state index < -0.39 is 0 Å². The van der Waals surface area contributed by atoms with Crippen LogP contribution in [-0.2, 0) is 6.54 Å². The molecule has 0 saturated carbocycles. The molecule has 0 aliphatic rings. The molecule has 92 valence electrons. The molecule has 3 N–H and O–H groups in total. The number of hydrogen-bond donors (Lipinski definition) is 2. The van der Waals surface area contributed by atoms with Crippen LogP contribution < -0.4 is 11.1 Å². The van der Waals surface area contributed by atoms with Crippen LogP contribution in [0.3, 0.4) is 0 Å². The van der Waals surface area contributed by atoms with Gasteiger partial charge in [-0.2, -0.15) is 4.98 Å². The summed E-state index contributed by atoms with van der Waals surface area (Å²) in [5.74, 6) is 0.364. The lowest BCUT2D eigenvalue weighted by atomic mass is 10.4. The second kappa shape index (κ2) is 4.45. The minimum atomic E-state index is 0.126. The van der Waals surface area contributed by atoms with E-state index in [2.05, 4.69) is 30.4 Å². The predicted octanol–water partition coefficient (Wildman–Crippen LogP) is 1.38. The van der Waals surface area contributed by atoms with Crippen LogP contribution in [0.5, 0.6) is 0 Å². The van der Waals surface area contributed by atoms with E-state index in [-0.39, 0.29) is 17.3 Å². The molecule has 0 amide bonds. The number of aromatic nitrogens is 4. The summed E-state index contributed by atoms with van der Waals surface area (Å²) in [5, 5.41) is 15.8. The zero-order chi connectivity index (χ0) is 12.4. The van der Waals surface area contributed by atoms with Crippen LogP contribution >= 0.6 is 11.3 Å². The highest BCUT2D eigenvalue weighted by Gasteiger charge is 2.16. The summed E-state index contributed by atoms with van der Waals surface area (Å²) in [6.45, 7) is 0.617. The van der Waals surface area contributed by atoms with Gasteiger partial charge in [0.15, 0.2) is 11.5 Å². The Morgan fingerprint density at radius 3 is 3.00 bits per heavy atom. The van der Waals surface area contributed by atoms with Gasteiger partial charge in [-0.3, -0.25) is 0 Å². The molecule has 0 unspecified atom stereocenters. The molecule has 3 heterocycles. The Bertz CT molecular complexity index is 631. The molecule has 0 aromatic carbocycles. The van der Waals surface area contributed by atoms with Gasteiger partial charge in [0.2, 0.25) is 5.82 Å². The van der Waals surface area contributed by atoms with Crippen LogP contribution in [0.4, 0.5) is 11.8 Å². The SMILES string of the molecule is Nc1nonc1-c1noc(NCc2cccs2)n1. The molecule has 3 rings (SSSR count). The van der Waals surface area contributed by atoms with Crippen molar-refractivity contribution in [1.29, 1.82) is 0 Å². The first-order valence-electron chi connectivity index (χ1n) is 5.01. The Balaban J connectivity index is 1.72. The van der Waals surface area contributed by atoms with Crippen molar-refractivity contribution in [3.8, 4) is 11.5 Å². The lowest BCUT2D eigenvalue weighted by Gasteiger charge is -1.95. The largest absolute Gasteiger partial charge is 0.379 e. The highest BCUT2D eigenvalue weighted by Crippen LogP contribution is 2.20. The van der Waals surface area contributed by atoms with E-state index in [1.165, 1.54) is 0 Å². The minimum Gasteiger partial charge on any atom is -0.379 e. The van der Waals surface area contributed by atoms with Crippen LogP contribution in [0.1, 0.15) is 4.88 Å². The molecule has 0 bridgehead atoms. The maximum absolute atomic E-state index is 5.53. The standard InChI is InChI=1S/C9H8N6O2S/c10-7-6(13-17-14-7)8-12-9(16-15-8)11-4-5-2-1-3-18-5/h1-3H,4H2,(H2,10,14)(H,11,12,15). The van der Waals surface area contributed by atoms with Crippen molar-refractivity contribution in [3.05, 3.63) is 22.4 Å². The van der Waals surface area contributed by atoms with Crippen LogP contribution in [0, 0.1) is 0 Å². The minimum absolute atomic E-state index is 0.126. The number of nitrogens with zero attached hydrogens (tertiary/aromatic N) is 4. The number of nitrogen functional groups attached to an aromatic ring is 1. The number of hydrogen-bond acceptors (Lipinski definition) is 9. The smallest absolute Gasteiger partial charge is 0.322 e. The van der Waals surface area contributed by atoms with E-state index in [0.717, 1.165) is 4.88 Å². The third-order valence-corrected chi connectivity index (χ3v) is 3.02. The van der Waals surface area contributed by atoms with Crippen LogP contribution in [0.25, 0.3) is 11.5 Å². The van der Waals surface area contributed by atoms with Crippen LogP contribution in [0.15, 0.2) is 26.7 Å². The first-order valence-corrected chi connectivity index (χ1v) is 5.89. The summed E-state index contributed by atoms with van der Waals surface area (Å²) in [6.07, 6.45) is 0. The first kappa shape index (κ1) is 10.7. The Kier molecular flexibility index (Phi) is 2.65. The zero-order valence-electron chi connectivity index (χ0n) is 9.03. The normalized spacial score (nSPS) is 10.7. The van der Waals surface area contributed by atoms with E-state index >= 15 is 0 Å². The maximum atomic E-state index is 5.53. The molecule has 0 aliphatic heterocycles. The third-order valence-electron chi connectivity index (χ3n) is 2.15. The van der Waals surface area contributed by atoms with E-state index in [9.17, 15) is 0 Å².